The maximum absolute atomic E-state index is 12.1. The minimum Gasteiger partial charge on any atom is -0.502 e. The van der Waals surface area contributed by atoms with Crippen LogP contribution < -0.4 is 4.74 Å². The van der Waals surface area contributed by atoms with Crippen molar-refractivity contribution in [3.63, 3.8) is 0 Å². The Kier molecular flexibility index (Phi) is 2.91. The number of nitro groups is 1. The van der Waals surface area contributed by atoms with E-state index in [1.165, 1.54) is 24.3 Å². The lowest BCUT2D eigenvalue weighted by atomic mass is 10.1. The topological polar surface area (TPSA) is 89.7 Å². The number of aromatic hydroxyl groups is 1. The first-order chi connectivity index (χ1) is 10.1. The van der Waals surface area contributed by atoms with Crippen LogP contribution in [0.4, 0.5) is 5.69 Å². The van der Waals surface area contributed by atoms with Gasteiger partial charge in [-0.3, -0.25) is 14.9 Å². The number of rotatable bonds is 2. The summed E-state index contributed by atoms with van der Waals surface area (Å²) in [4.78, 5) is 22.2. The predicted molar refractivity (Wildman–Crippen MR) is 74.1 cm³/mol. The van der Waals surface area contributed by atoms with Gasteiger partial charge in [0.15, 0.2) is 11.5 Å². The molecule has 0 amide bonds. The molecule has 6 nitrogen and oxygen atoms in total. The zero-order chi connectivity index (χ0) is 15.0. The third-order valence-electron chi connectivity index (χ3n) is 3.07. The Morgan fingerprint density at radius 3 is 2.67 bits per heavy atom. The summed E-state index contributed by atoms with van der Waals surface area (Å²) in [6.45, 7) is 0. The van der Waals surface area contributed by atoms with E-state index >= 15 is 0 Å². The number of Topliss-reactive ketones (excluding diaryl/α,β-unsaturated/α-hetero) is 1. The van der Waals surface area contributed by atoms with E-state index in [-0.39, 0.29) is 11.5 Å². The highest BCUT2D eigenvalue weighted by Gasteiger charge is 2.26. The van der Waals surface area contributed by atoms with Crippen LogP contribution in [0.1, 0.15) is 15.9 Å². The van der Waals surface area contributed by atoms with Crippen molar-refractivity contribution in [1.29, 1.82) is 0 Å². The van der Waals surface area contributed by atoms with E-state index < -0.39 is 16.4 Å². The number of phenolic OH excluding ortho intramolecular Hbond substituents is 1. The fraction of sp³-hybridized carbons (Fsp3) is 0. The molecule has 3 rings (SSSR count). The number of phenols is 1. The molecule has 0 aromatic heterocycles. The van der Waals surface area contributed by atoms with Crippen molar-refractivity contribution in [1.82, 2.24) is 0 Å². The highest BCUT2D eigenvalue weighted by Crippen LogP contribution is 2.32. The molecule has 0 unspecified atom stereocenters. The average Bonchev–Trinajstić information content (AvgIpc) is 2.78. The van der Waals surface area contributed by atoms with E-state index in [1.807, 2.05) is 0 Å². The summed E-state index contributed by atoms with van der Waals surface area (Å²) in [6.07, 6.45) is 1.41. The van der Waals surface area contributed by atoms with Crippen LogP contribution >= 0.6 is 0 Å². The van der Waals surface area contributed by atoms with Crippen LogP contribution in [0.25, 0.3) is 6.08 Å². The number of nitrogens with zero attached hydrogens (tertiary/aromatic N) is 1. The van der Waals surface area contributed by atoms with Gasteiger partial charge in [0, 0.05) is 6.07 Å². The third-order valence-corrected chi connectivity index (χ3v) is 3.07. The van der Waals surface area contributed by atoms with Gasteiger partial charge in [0.25, 0.3) is 0 Å². The number of benzene rings is 2. The first kappa shape index (κ1) is 12.9. The van der Waals surface area contributed by atoms with E-state index in [0.717, 1.165) is 0 Å². The molecule has 104 valence electrons. The van der Waals surface area contributed by atoms with Crippen LogP contribution in [0, 0.1) is 10.1 Å². The molecular weight excluding hydrogens is 274 g/mol. The first-order valence-electron chi connectivity index (χ1n) is 6.07. The fourth-order valence-corrected chi connectivity index (χ4v) is 2.06. The average molecular weight is 283 g/mol. The van der Waals surface area contributed by atoms with Gasteiger partial charge in [0.05, 0.1) is 10.5 Å². The van der Waals surface area contributed by atoms with Gasteiger partial charge in [-0.1, -0.05) is 18.2 Å². The summed E-state index contributed by atoms with van der Waals surface area (Å²) in [6, 6.07) is 10.7. The van der Waals surface area contributed by atoms with Crippen molar-refractivity contribution in [3.8, 4) is 11.5 Å². The maximum Gasteiger partial charge on any atom is 0.311 e. The van der Waals surface area contributed by atoms with Crippen molar-refractivity contribution in [3.05, 3.63) is 69.5 Å². The van der Waals surface area contributed by atoms with E-state index in [9.17, 15) is 20.0 Å². The number of ketones is 1. The minimum atomic E-state index is -0.691. The summed E-state index contributed by atoms with van der Waals surface area (Å²) < 4.78 is 5.43. The summed E-state index contributed by atoms with van der Waals surface area (Å²) in [5.74, 6) is -0.149. The number of ether oxygens (including phenoxy) is 1. The van der Waals surface area contributed by atoms with Crippen molar-refractivity contribution in [2.24, 2.45) is 0 Å². The zero-order valence-electron chi connectivity index (χ0n) is 10.6. The van der Waals surface area contributed by atoms with Crippen LogP contribution in [-0.4, -0.2) is 15.8 Å². The standard InChI is InChI=1S/C15H9NO5/c17-12-6-5-9(7-11(12)16(19)20)8-14-15(18)10-3-1-2-4-13(10)21-14/h1-8,17H. The van der Waals surface area contributed by atoms with Crippen LogP contribution in [0.3, 0.4) is 0 Å². The molecule has 2 aromatic rings. The molecule has 0 fully saturated rings. The molecule has 0 spiro atoms. The van der Waals surface area contributed by atoms with Gasteiger partial charge in [-0.05, 0) is 29.8 Å². The minimum absolute atomic E-state index is 0.0937. The highest BCUT2D eigenvalue weighted by atomic mass is 16.6. The van der Waals surface area contributed by atoms with Crippen molar-refractivity contribution < 1.29 is 19.6 Å². The molecular formula is C15H9NO5. The van der Waals surface area contributed by atoms with Gasteiger partial charge in [-0.2, -0.15) is 0 Å². The van der Waals surface area contributed by atoms with Crippen LogP contribution in [0.15, 0.2) is 48.2 Å². The Morgan fingerprint density at radius 2 is 1.95 bits per heavy atom. The quantitative estimate of drug-likeness (QED) is 0.520. The summed E-state index contributed by atoms with van der Waals surface area (Å²) >= 11 is 0. The van der Waals surface area contributed by atoms with Gasteiger partial charge in [-0.15, -0.1) is 0 Å². The van der Waals surface area contributed by atoms with E-state index in [0.29, 0.717) is 16.9 Å². The predicted octanol–water partition coefficient (Wildman–Crippen LogP) is 2.92. The van der Waals surface area contributed by atoms with Crippen molar-refractivity contribution in [2.45, 2.75) is 0 Å². The van der Waals surface area contributed by atoms with Gasteiger partial charge in [-0.25, -0.2) is 0 Å². The molecule has 2 aromatic carbocycles. The molecule has 1 aliphatic heterocycles. The fourth-order valence-electron chi connectivity index (χ4n) is 2.06. The van der Waals surface area contributed by atoms with Gasteiger partial charge >= 0.3 is 5.69 Å². The number of allylic oxidation sites excluding steroid dienone is 1. The Balaban J connectivity index is 2.00. The molecule has 1 heterocycles. The lowest BCUT2D eigenvalue weighted by Gasteiger charge is -2.00. The monoisotopic (exact) mass is 283 g/mol. The molecule has 0 bridgehead atoms. The number of para-hydroxylation sites is 1. The summed E-state index contributed by atoms with van der Waals surface area (Å²) in [7, 11) is 0. The number of nitro benzene ring substituents is 1. The second-order valence-corrected chi connectivity index (χ2v) is 4.44. The molecule has 0 aliphatic carbocycles. The van der Waals surface area contributed by atoms with E-state index in [2.05, 4.69) is 0 Å². The first-order valence-corrected chi connectivity index (χ1v) is 6.07. The van der Waals surface area contributed by atoms with Crippen molar-refractivity contribution >= 4 is 17.5 Å². The molecule has 0 saturated heterocycles. The van der Waals surface area contributed by atoms with E-state index in [1.54, 1.807) is 24.3 Å². The zero-order valence-corrected chi connectivity index (χ0v) is 10.6. The Hall–Kier alpha value is -3.15. The third kappa shape index (κ3) is 2.23. The highest BCUT2D eigenvalue weighted by molar-refractivity contribution is 6.14. The summed E-state index contributed by atoms with van der Waals surface area (Å²) in [5, 5.41) is 20.2. The number of hydrogen-bond acceptors (Lipinski definition) is 5. The van der Waals surface area contributed by atoms with Crippen LogP contribution in [0.2, 0.25) is 0 Å². The number of carbonyl (C=O) groups is 1. The number of hydrogen-bond donors (Lipinski definition) is 1. The Morgan fingerprint density at radius 1 is 1.19 bits per heavy atom. The Bertz CT molecular complexity index is 794. The molecule has 6 heteroatoms. The smallest absolute Gasteiger partial charge is 0.311 e. The Labute approximate surface area is 119 Å². The van der Waals surface area contributed by atoms with Crippen LogP contribution in [0.5, 0.6) is 11.5 Å². The molecule has 21 heavy (non-hydrogen) atoms. The lowest BCUT2D eigenvalue weighted by molar-refractivity contribution is -0.385. The maximum atomic E-state index is 12.1. The van der Waals surface area contributed by atoms with Gasteiger partial charge in [0.1, 0.15) is 5.75 Å². The van der Waals surface area contributed by atoms with Gasteiger partial charge in [0.2, 0.25) is 5.78 Å². The van der Waals surface area contributed by atoms with E-state index in [4.69, 9.17) is 4.74 Å². The second kappa shape index (κ2) is 4.75. The second-order valence-electron chi connectivity index (χ2n) is 4.44. The molecule has 0 radical (unpaired) electrons. The number of carbonyl (C=O) groups excluding carboxylic acids is 1. The van der Waals surface area contributed by atoms with Gasteiger partial charge < -0.3 is 9.84 Å². The lowest BCUT2D eigenvalue weighted by Crippen LogP contribution is -1.98. The SMILES string of the molecule is O=C1C(=Cc2ccc(O)c([N+](=O)[O-])c2)Oc2ccccc21. The van der Waals surface area contributed by atoms with Crippen molar-refractivity contribution in [2.75, 3.05) is 0 Å². The summed E-state index contributed by atoms with van der Waals surface area (Å²) in [5.41, 5.74) is 0.431. The largest absolute Gasteiger partial charge is 0.502 e. The molecule has 1 N–H and O–H groups in total. The molecule has 0 saturated carbocycles. The number of fused-ring (bicyclic) bond motifs is 1. The molecule has 1 aliphatic rings. The van der Waals surface area contributed by atoms with Crippen LogP contribution in [-0.2, 0) is 0 Å². The molecule has 0 atom stereocenters. The normalized spacial score (nSPS) is 14.9.